The molecule has 1 aliphatic carbocycles. The smallest absolute Gasteiger partial charge is 0.142 e. The number of benzene rings is 2. The van der Waals surface area contributed by atoms with E-state index in [1.807, 2.05) is 31.2 Å². The van der Waals surface area contributed by atoms with Crippen LogP contribution >= 0.6 is 12.6 Å². The van der Waals surface area contributed by atoms with Crippen molar-refractivity contribution in [2.24, 2.45) is 0 Å². The van der Waals surface area contributed by atoms with E-state index < -0.39 is 0 Å². The zero-order valence-electron chi connectivity index (χ0n) is 33.1. The number of anilines is 2. The fourth-order valence-electron chi connectivity index (χ4n) is 6.82. The Balaban J connectivity index is 0.00000193. The quantitative estimate of drug-likeness (QED) is 0.0962. The summed E-state index contributed by atoms with van der Waals surface area (Å²) in [7, 11) is 1.73. The molecule has 3 aliphatic rings. The molecule has 2 radical (unpaired) electrons. The zero-order valence-corrected chi connectivity index (χ0v) is 39.0. The molecule has 5 nitrogen and oxygen atoms in total. The van der Waals surface area contributed by atoms with Gasteiger partial charge in [-0.25, -0.2) is 0 Å². The number of nitrogens with one attached hydrogen (secondary N) is 1. The van der Waals surface area contributed by atoms with Crippen LogP contribution in [-0.2, 0) is 11.2 Å². The van der Waals surface area contributed by atoms with Crippen molar-refractivity contribution >= 4 is 30.3 Å². The van der Waals surface area contributed by atoms with Crippen LogP contribution in [0.3, 0.4) is 0 Å². The van der Waals surface area contributed by atoms with E-state index in [-0.39, 0.29) is 19.5 Å². The molecular formula is C46H60Es2N4OS-2. The molecule has 5 rings (SSSR count). The molecule has 1 fully saturated rings. The molecule has 1 saturated carbocycles. The van der Waals surface area contributed by atoms with E-state index in [9.17, 15) is 4.79 Å². The number of carbonyl (C=O) groups is 1. The van der Waals surface area contributed by atoms with Crippen LogP contribution in [-0.4, -0.2) is 38.2 Å². The molecule has 8 heteroatoms. The van der Waals surface area contributed by atoms with Gasteiger partial charge in [0.05, 0.1) is 6.04 Å². The number of fused-ring (bicyclic) bond motifs is 2. The fourth-order valence-corrected chi connectivity index (χ4v) is 6.82. The Bertz CT molecular complexity index is 1730. The second-order valence-corrected chi connectivity index (χ2v) is 12.6. The molecule has 2 aliphatic heterocycles. The van der Waals surface area contributed by atoms with Crippen molar-refractivity contribution in [3.63, 3.8) is 0 Å². The first kappa shape index (κ1) is 47.3. The normalized spacial score (nSPS) is 18.9. The zero-order chi connectivity index (χ0) is 37.5. The molecule has 0 saturated heterocycles. The largest absolute Gasteiger partial charge is 0.482 e. The molecule has 2 aromatic carbocycles. The Morgan fingerprint density at radius 3 is 2.04 bits per heavy atom. The van der Waals surface area contributed by atoms with Crippen LogP contribution in [0.15, 0.2) is 157 Å². The first-order valence-corrected chi connectivity index (χ1v) is 18.7. The molecule has 54 heavy (non-hydrogen) atoms. The number of thiol groups is 1. The molecule has 0 bridgehead atoms. The van der Waals surface area contributed by atoms with Crippen molar-refractivity contribution in [1.29, 1.82) is 0 Å². The molecule has 0 spiro atoms. The molecule has 0 amide bonds. The average Bonchev–Trinajstić information content (AvgIpc) is 3.84. The number of rotatable bonds is 12. The third-order valence-electron chi connectivity index (χ3n) is 9.48. The van der Waals surface area contributed by atoms with E-state index >= 15 is 0 Å². The molecule has 3 unspecified atom stereocenters. The van der Waals surface area contributed by atoms with Gasteiger partial charge in [-0.2, -0.15) is 12.6 Å². The summed E-state index contributed by atoms with van der Waals surface area (Å²) in [5, 5.41) is 6.84. The molecule has 300 valence electrons. The van der Waals surface area contributed by atoms with Gasteiger partial charge in [0, 0.05) is 41.1 Å². The summed E-state index contributed by atoms with van der Waals surface area (Å²) < 4.78 is 0. The minimum atomic E-state index is -0.223. The van der Waals surface area contributed by atoms with Gasteiger partial charge < -0.3 is 32.7 Å². The minimum Gasteiger partial charge on any atom is -0.482 e. The Kier molecular flexibility index (Phi) is 20.2. The van der Waals surface area contributed by atoms with Crippen LogP contribution in [0.4, 0.5) is 11.4 Å². The number of nitrogens with zero attached hydrogens (tertiary/aromatic N) is 3. The van der Waals surface area contributed by atoms with Crippen molar-refractivity contribution in [3.8, 4) is 0 Å². The maximum absolute atomic E-state index is 11.8. The van der Waals surface area contributed by atoms with Crippen molar-refractivity contribution in [2.75, 3.05) is 29.6 Å². The van der Waals surface area contributed by atoms with Gasteiger partial charge in [0.25, 0.3) is 0 Å². The van der Waals surface area contributed by atoms with Crippen molar-refractivity contribution in [2.45, 2.75) is 71.4 Å². The summed E-state index contributed by atoms with van der Waals surface area (Å²) in [5.41, 5.74) is 12.2. The summed E-state index contributed by atoms with van der Waals surface area (Å²) in [4.78, 5) is 16.4. The molecule has 1 N–H and O–H groups in total. The second kappa shape index (κ2) is 23.0. The number of aldehydes is 1. The molecule has 0 aromatic heterocycles. The average molecular weight is 1220 g/mol. The maximum Gasteiger partial charge on any atom is 0.142 e. The van der Waals surface area contributed by atoms with E-state index in [2.05, 4.69) is 147 Å². The Morgan fingerprint density at radius 2 is 1.48 bits per heavy atom. The Hall–Kier alpha value is -6.68. The van der Waals surface area contributed by atoms with Crippen LogP contribution in [0.2, 0.25) is 0 Å². The predicted molar refractivity (Wildman–Crippen MR) is 232 cm³/mol. The molecular weight excluding hydrogens is 1160 g/mol. The van der Waals surface area contributed by atoms with Gasteiger partial charge in [-0.1, -0.05) is 120 Å². The van der Waals surface area contributed by atoms with E-state index in [0.29, 0.717) is 5.92 Å². The van der Waals surface area contributed by atoms with Crippen LogP contribution in [0.1, 0.15) is 64.0 Å². The Labute approximate surface area is 321 Å². The van der Waals surface area contributed by atoms with Crippen molar-refractivity contribution in [3.05, 3.63) is 181 Å². The van der Waals surface area contributed by atoms with Crippen LogP contribution < -0.4 is 15.1 Å². The van der Waals surface area contributed by atoms with E-state index in [1.165, 1.54) is 39.2 Å². The SMILES string of the molecule is C=C([N-]C)NCCC.C=CC(C=C)=C1/C(=C/C=C2C(C)c3ccccc3N2C(C)C=C)CC/C1=C\C=C1/Cc2ccccc2N1C(C)C=O.CS.[CH3-].[Es].[Es]. The van der Waals surface area contributed by atoms with Crippen LogP contribution in [0.25, 0.3) is 5.32 Å². The predicted octanol–water partition coefficient (Wildman–Crippen LogP) is 11.4. The van der Waals surface area contributed by atoms with Gasteiger partial charge >= 0.3 is 0 Å². The minimum absolute atomic E-state index is 0. The third kappa shape index (κ3) is 10.4. The number of allylic oxidation sites excluding steroid dienone is 12. The van der Waals surface area contributed by atoms with Gasteiger partial charge in [-0.05, 0) is 90.6 Å². The van der Waals surface area contributed by atoms with Gasteiger partial charge in [0.15, 0.2) is 0 Å². The van der Waals surface area contributed by atoms with Gasteiger partial charge in [0.1, 0.15) is 6.29 Å². The summed E-state index contributed by atoms with van der Waals surface area (Å²) >= 11 is 3.53. The third-order valence-corrected chi connectivity index (χ3v) is 9.48. The monoisotopic (exact) mass is 1220 g/mol. The first-order chi connectivity index (χ1) is 24.7. The first-order valence-electron chi connectivity index (χ1n) is 17.8. The van der Waals surface area contributed by atoms with Crippen molar-refractivity contribution in [1.82, 2.24) is 5.32 Å². The van der Waals surface area contributed by atoms with Crippen LogP contribution in [0, 0.1) is 7.43 Å². The number of para-hydroxylation sites is 2. The number of carbonyl (C=O) groups excluding carboxylic acids is 1. The Morgan fingerprint density at radius 1 is 0.907 bits per heavy atom. The van der Waals surface area contributed by atoms with E-state index in [1.54, 1.807) is 13.3 Å². The molecule has 2 heterocycles. The van der Waals surface area contributed by atoms with E-state index in [4.69, 9.17) is 0 Å². The standard InChI is InChI=1S/C38H40N2O.C6H13N2.CH4S.CH3.2Es/c1-7-26(4)40-35(28(6)34-15-11-13-17-37(34)40)23-21-31-19-18-30(38(31)29(8-2)9-3)20-22-33-24-32-14-10-12-16-36(32)39(33)27(5)25-41;1-4-5-8-6(2)7-3;1-2;;;/h7-17,20-23,25-28H,1-3,18-19,24H2,4-6H3;8H,2,4-5H2,1,3H3;2H,1H3;1H3;;/q;-1;;-1;;/b30-20+,31-21+,33-22+,35-23?;;;;;. The maximum atomic E-state index is 11.8. The number of hydrogen-bond acceptors (Lipinski definition) is 5. The topological polar surface area (TPSA) is 49.7 Å². The summed E-state index contributed by atoms with van der Waals surface area (Å²) in [6, 6.07) is 17.0. The van der Waals surface area contributed by atoms with Gasteiger partial charge in [0.2, 0.25) is 0 Å². The van der Waals surface area contributed by atoms with Crippen LogP contribution in [0.5, 0.6) is 0 Å². The summed E-state index contributed by atoms with van der Waals surface area (Å²) in [6.07, 6.45) is 21.4. The van der Waals surface area contributed by atoms with Gasteiger partial charge in [-0.15, -0.1) is 13.2 Å². The molecule has 2 aromatic rings. The van der Waals surface area contributed by atoms with E-state index in [0.717, 1.165) is 61.3 Å². The second-order valence-electron chi connectivity index (χ2n) is 12.6. The molecule has 3 atom stereocenters. The fraction of sp³-hybridized carbons (Fsp3) is 0.304. The van der Waals surface area contributed by atoms with Crippen molar-refractivity contribution < 1.29 is 4.79 Å². The summed E-state index contributed by atoms with van der Waals surface area (Å²) in [5.74, 6) is 1.07. The summed E-state index contributed by atoms with van der Waals surface area (Å²) in [6.45, 7) is 25.4. The number of hydrogen-bond donors (Lipinski definition) is 2. The van der Waals surface area contributed by atoms with Gasteiger partial charge in [-0.3, -0.25) is 0 Å².